The maximum atomic E-state index is 10.8. The lowest BCUT2D eigenvalue weighted by Crippen LogP contribution is -2.10. The van der Waals surface area contributed by atoms with Crippen LogP contribution in [0.1, 0.15) is 48.9 Å². The van der Waals surface area contributed by atoms with Gasteiger partial charge in [0.25, 0.3) is 0 Å². The first-order valence-corrected chi connectivity index (χ1v) is 7.46. The fourth-order valence-corrected chi connectivity index (χ4v) is 2.86. The van der Waals surface area contributed by atoms with Crippen molar-refractivity contribution in [1.82, 2.24) is 0 Å². The summed E-state index contributed by atoms with van der Waals surface area (Å²) in [5.41, 5.74) is 0.644. The number of hydrogen-bond acceptors (Lipinski definition) is 2. The summed E-state index contributed by atoms with van der Waals surface area (Å²) in [7, 11) is 0. The summed E-state index contributed by atoms with van der Waals surface area (Å²) in [6.07, 6.45) is 8.82. The van der Waals surface area contributed by atoms with Gasteiger partial charge >= 0.3 is 0 Å². The van der Waals surface area contributed by atoms with Gasteiger partial charge in [-0.15, -0.1) is 0 Å². The van der Waals surface area contributed by atoms with E-state index >= 15 is 0 Å². The van der Waals surface area contributed by atoms with Crippen molar-refractivity contribution in [2.24, 2.45) is 5.92 Å². The lowest BCUT2D eigenvalue weighted by atomic mass is 9.87. The Labute approximate surface area is 117 Å². The van der Waals surface area contributed by atoms with Crippen molar-refractivity contribution in [1.29, 1.82) is 0 Å². The van der Waals surface area contributed by atoms with E-state index in [2.05, 4.69) is 15.9 Å². The van der Waals surface area contributed by atoms with Crippen LogP contribution >= 0.6 is 15.9 Å². The number of rotatable bonds is 5. The highest BCUT2D eigenvalue weighted by atomic mass is 79.9. The summed E-state index contributed by atoms with van der Waals surface area (Å²) in [5.74, 6) is 1.62. The van der Waals surface area contributed by atoms with Gasteiger partial charge in [0, 0.05) is 10.0 Å². The van der Waals surface area contributed by atoms with Crippen LogP contribution < -0.4 is 4.74 Å². The van der Waals surface area contributed by atoms with Crippen LogP contribution in [-0.4, -0.2) is 12.9 Å². The predicted molar refractivity (Wildman–Crippen MR) is 76.2 cm³/mol. The van der Waals surface area contributed by atoms with E-state index in [-0.39, 0.29) is 0 Å². The molecule has 1 aromatic carbocycles. The smallest absolute Gasteiger partial charge is 0.151 e. The summed E-state index contributed by atoms with van der Waals surface area (Å²) in [5, 5.41) is 0. The molecule has 0 aliphatic heterocycles. The molecule has 0 atom stereocenters. The highest BCUT2D eigenvalue weighted by Gasteiger charge is 2.13. The average Bonchev–Trinajstić information content (AvgIpc) is 2.42. The third-order valence-corrected chi connectivity index (χ3v) is 4.34. The minimum Gasteiger partial charge on any atom is -0.494 e. The Morgan fingerprint density at radius 2 is 2.06 bits per heavy atom. The van der Waals surface area contributed by atoms with Crippen molar-refractivity contribution >= 4 is 22.2 Å². The Morgan fingerprint density at radius 1 is 1.28 bits per heavy atom. The first-order valence-electron chi connectivity index (χ1n) is 6.67. The Balaban J connectivity index is 1.80. The summed E-state index contributed by atoms with van der Waals surface area (Å²) >= 11 is 3.33. The van der Waals surface area contributed by atoms with Crippen LogP contribution in [-0.2, 0) is 0 Å². The Hall–Kier alpha value is -0.830. The van der Waals surface area contributed by atoms with E-state index in [0.29, 0.717) is 5.56 Å². The van der Waals surface area contributed by atoms with E-state index in [1.807, 2.05) is 12.1 Å². The first-order chi connectivity index (χ1) is 8.79. The Morgan fingerprint density at radius 3 is 2.78 bits per heavy atom. The van der Waals surface area contributed by atoms with Gasteiger partial charge in [0.1, 0.15) is 5.75 Å². The minimum absolute atomic E-state index is 0.644. The number of halogens is 1. The van der Waals surface area contributed by atoms with Crippen molar-refractivity contribution in [3.8, 4) is 5.75 Å². The number of benzene rings is 1. The Kier molecular flexibility index (Phi) is 5.24. The second-order valence-electron chi connectivity index (χ2n) is 4.94. The molecular weight excluding hydrogens is 292 g/mol. The van der Waals surface area contributed by atoms with Crippen LogP contribution in [0, 0.1) is 5.92 Å². The van der Waals surface area contributed by atoms with Gasteiger partial charge in [0.2, 0.25) is 0 Å². The van der Waals surface area contributed by atoms with E-state index in [1.165, 1.54) is 32.1 Å². The molecule has 0 spiro atoms. The van der Waals surface area contributed by atoms with Crippen molar-refractivity contribution < 1.29 is 9.53 Å². The van der Waals surface area contributed by atoms with Crippen LogP contribution in [0.15, 0.2) is 22.7 Å². The zero-order valence-corrected chi connectivity index (χ0v) is 12.1. The summed E-state index contributed by atoms with van der Waals surface area (Å²) in [6.45, 7) is 0.755. The van der Waals surface area contributed by atoms with Crippen LogP contribution in [0.2, 0.25) is 0 Å². The Bertz CT molecular complexity index is 397. The molecule has 1 aromatic rings. The van der Waals surface area contributed by atoms with Gasteiger partial charge < -0.3 is 4.74 Å². The zero-order chi connectivity index (χ0) is 12.8. The molecule has 2 rings (SSSR count). The first kappa shape index (κ1) is 13.6. The molecule has 0 N–H and O–H groups in total. The summed E-state index contributed by atoms with van der Waals surface area (Å²) < 4.78 is 6.54. The molecule has 1 fully saturated rings. The second kappa shape index (κ2) is 6.93. The predicted octanol–water partition coefficient (Wildman–Crippen LogP) is 4.61. The monoisotopic (exact) mass is 310 g/mol. The standard InChI is InChI=1S/C15H19BrO2/c16-15-7-6-14(10-13(15)11-17)18-9-8-12-4-2-1-3-5-12/h6-7,10-12H,1-5,8-9H2. The maximum Gasteiger partial charge on any atom is 0.151 e. The van der Waals surface area contributed by atoms with Crippen LogP contribution in [0.3, 0.4) is 0 Å². The van der Waals surface area contributed by atoms with E-state index in [1.54, 1.807) is 6.07 Å². The topological polar surface area (TPSA) is 26.3 Å². The quantitative estimate of drug-likeness (QED) is 0.742. The molecule has 0 heterocycles. The van der Waals surface area contributed by atoms with Crippen LogP contribution in [0.25, 0.3) is 0 Å². The molecule has 1 aliphatic carbocycles. The lowest BCUT2D eigenvalue weighted by molar-refractivity contribution is 0.112. The van der Waals surface area contributed by atoms with Gasteiger partial charge in [-0.25, -0.2) is 0 Å². The molecule has 0 aromatic heterocycles. The minimum atomic E-state index is 0.644. The van der Waals surface area contributed by atoms with Crippen molar-refractivity contribution in [3.63, 3.8) is 0 Å². The van der Waals surface area contributed by atoms with Gasteiger partial charge in [0.15, 0.2) is 6.29 Å². The second-order valence-corrected chi connectivity index (χ2v) is 5.80. The van der Waals surface area contributed by atoms with Crippen LogP contribution in [0.4, 0.5) is 0 Å². The largest absolute Gasteiger partial charge is 0.494 e. The molecule has 0 unspecified atom stereocenters. The van der Waals surface area contributed by atoms with Crippen molar-refractivity contribution in [3.05, 3.63) is 28.2 Å². The molecule has 0 saturated heterocycles. The molecule has 0 amide bonds. The third kappa shape index (κ3) is 3.84. The number of aldehydes is 1. The van der Waals surface area contributed by atoms with E-state index in [4.69, 9.17) is 4.74 Å². The summed E-state index contributed by atoms with van der Waals surface area (Å²) in [6, 6.07) is 5.55. The number of ether oxygens (including phenoxy) is 1. The molecule has 1 aliphatic rings. The SMILES string of the molecule is O=Cc1cc(OCCC2CCCCC2)ccc1Br. The number of hydrogen-bond donors (Lipinski definition) is 0. The molecule has 0 radical (unpaired) electrons. The van der Waals surface area contributed by atoms with E-state index < -0.39 is 0 Å². The molecule has 3 heteroatoms. The fraction of sp³-hybridized carbons (Fsp3) is 0.533. The normalized spacial score (nSPS) is 16.5. The van der Waals surface area contributed by atoms with Gasteiger partial charge in [-0.05, 0) is 30.5 Å². The fourth-order valence-electron chi connectivity index (χ4n) is 2.52. The van der Waals surface area contributed by atoms with Crippen LogP contribution in [0.5, 0.6) is 5.75 Å². The van der Waals surface area contributed by atoms with Gasteiger partial charge in [-0.2, -0.15) is 0 Å². The van der Waals surface area contributed by atoms with Gasteiger partial charge in [0.05, 0.1) is 6.61 Å². The van der Waals surface area contributed by atoms with Gasteiger partial charge in [-0.3, -0.25) is 4.79 Å². The maximum absolute atomic E-state index is 10.8. The number of carbonyl (C=O) groups is 1. The highest BCUT2D eigenvalue weighted by Crippen LogP contribution is 2.27. The molecule has 18 heavy (non-hydrogen) atoms. The van der Waals surface area contributed by atoms with E-state index in [9.17, 15) is 4.79 Å². The average molecular weight is 311 g/mol. The molecule has 0 bridgehead atoms. The highest BCUT2D eigenvalue weighted by molar-refractivity contribution is 9.10. The van der Waals surface area contributed by atoms with Crippen molar-refractivity contribution in [2.75, 3.05) is 6.61 Å². The zero-order valence-electron chi connectivity index (χ0n) is 10.5. The van der Waals surface area contributed by atoms with Gasteiger partial charge in [-0.1, -0.05) is 48.0 Å². The molecule has 1 saturated carbocycles. The molecule has 2 nitrogen and oxygen atoms in total. The molecular formula is C15H19BrO2. The third-order valence-electron chi connectivity index (χ3n) is 3.61. The molecule has 98 valence electrons. The van der Waals surface area contributed by atoms with E-state index in [0.717, 1.165) is 35.5 Å². The summed E-state index contributed by atoms with van der Waals surface area (Å²) in [4.78, 5) is 10.8. The van der Waals surface area contributed by atoms with Crippen molar-refractivity contribution in [2.45, 2.75) is 38.5 Å². The lowest BCUT2D eigenvalue weighted by Gasteiger charge is -2.21. The number of carbonyl (C=O) groups excluding carboxylic acids is 1.